The third-order valence-electron chi connectivity index (χ3n) is 2.48. The molecule has 0 amide bonds. The number of aromatic hydroxyl groups is 1. The maximum Gasteiger partial charge on any atom is 0.134 e. The first-order chi connectivity index (χ1) is 7.69. The van der Waals surface area contributed by atoms with Gasteiger partial charge in [-0.25, -0.2) is 0 Å². The lowest BCUT2D eigenvalue weighted by molar-refractivity contribution is 0.450. The zero-order valence-electron chi connectivity index (χ0n) is 9.20. The van der Waals surface area contributed by atoms with E-state index in [0.29, 0.717) is 17.4 Å². The van der Waals surface area contributed by atoms with Gasteiger partial charge in [0.1, 0.15) is 5.75 Å². The van der Waals surface area contributed by atoms with Gasteiger partial charge in [-0.15, -0.1) is 0 Å². The van der Waals surface area contributed by atoms with Gasteiger partial charge in [-0.3, -0.25) is 0 Å². The maximum absolute atomic E-state index is 9.76. The lowest BCUT2D eigenvalue weighted by atomic mass is 10.1. The molecule has 16 heavy (non-hydrogen) atoms. The first kappa shape index (κ1) is 13.0. The van der Waals surface area contributed by atoms with Crippen LogP contribution in [0.5, 0.6) is 5.75 Å². The van der Waals surface area contributed by atoms with E-state index in [1.807, 2.05) is 19.1 Å². The Balaban J connectivity index is 2.60. The molecule has 1 rings (SSSR count). The third kappa shape index (κ3) is 3.51. The minimum Gasteiger partial charge on any atom is -0.506 e. The van der Waals surface area contributed by atoms with Gasteiger partial charge < -0.3 is 10.4 Å². The third-order valence-corrected chi connectivity index (χ3v) is 3.12. The molecule has 0 bridgehead atoms. The van der Waals surface area contributed by atoms with E-state index in [2.05, 4.69) is 27.3 Å². The van der Waals surface area contributed by atoms with Crippen molar-refractivity contribution >= 4 is 15.9 Å². The van der Waals surface area contributed by atoms with Gasteiger partial charge >= 0.3 is 0 Å². The number of phenolic OH excluding ortho intramolecular Hbond substituents is 1. The lowest BCUT2D eigenvalue weighted by Crippen LogP contribution is -2.27. The van der Waals surface area contributed by atoms with Crippen molar-refractivity contribution in [1.29, 1.82) is 5.26 Å². The molecule has 2 N–H and O–H groups in total. The average molecular weight is 283 g/mol. The van der Waals surface area contributed by atoms with Crippen molar-refractivity contribution < 1.29 is 5.11 Å². The zero-order chi connectivity index (χ0) is 12.0. The SMILES string of the molecule is CCC(CC#N)NCc1cccc(Br)c1O. The molecule has 0 saturated carbocycles. The van der Waals surface area contributed by atoms with Gasteiger partial charge in [0.25, 0.3) is 0 Å². The first-order valence-electron chi connectivity index (χ1n) is 5.25. The largest absolute Gasteiger partial charge is 0.506 e. The van der Waals surface area contributed by atoms with E-state index in [-0.39, 0.29) is 11.8 Å². The highest BCUT2D eigenvalue weighted by atomic mass is 79.9. The van der Waals surface area contributed by atoms with Crippen LogP contribution in [-0.4, -0.2) is 11.1 Å². The molecule has 0 aliphatic heterocycles. The number of benzene rings is 1. The molecule has 86 valence electrons. The Hall–Kier alpha value is -1.05. The number of halogens is 1. The van der Waals surface area contributed by atoms with Crippen LogP contribution in [0, 0.1) is 11.3 Å². The fourth-order valence-corrected chi connectivity index (χ4v) is 1.84. The fourth-order valence-electron chi connectivity index (χ4n) is 1.43. The quantitative estimate of drug-likeness (QED) is 0.873. The van der Waals surface area contributed by atoms with Gasteiger partial charge in [-0.2, -0.15) is 5.26 Å². The van der Waals surface area contributed by atoms with Crippen LogP contribution in [0.4, 0.5) is 0 Å². The summed E-state index contributed by atoms with van der Waals surface area (Å²) in [6, 6.07) is 7.88. The van der Waals surface area contributed by atoms with Crippen LogP contribution in [0.15, 0.2) is 22.7 Å². The van der Waals surface area contributed by atoms with Crippen LogP contribution in [-0.2, 0) is 6.54 Å². The van der Waals surface area contributed by atoms with Crippen LogP contribution in [0.3, 0.4) is 0 Å². The number of para-hydroxylation sites is 1. The van der Waals surface area contributed by atoms with Crippen molar-refractivity contribution in [2.24, 2.45) is 0 Å². The standard InChI is InChI=1S/C12H15BrN2O/c1-2-10(6-7-14)15-8-9-4-3-5-11(13)12(9)16/h3-5,10,15-16H,2,6,8H2,1H3. The topological polar surface area (TPSA) is 56.0 Å². The van der Waals surface area contributed by atoms with E-state index in [1.165, 1.54) is 0 Å². The van der Waals surface area contributed by atoms with Crippen molar-refractivity contribution in [2.45, 2.75) is 32.4 Å². The Morgan fingerprint density at radius 1 is 1.56 bits per heavy atom. The van der Waals surface area contributed by atoms with Crippen molar-refractivity contribution in [3.05, 3.63) is 28.2 Å². The molecule has 0 radical (unpaired) electrons. The van der Waals surface area contributed by atoms with Crippen LogP contribution in [0.2, 0.25) is 0 Å². The van der Waals surface area contributed by atoms with Gasteiger partial charge in [0.05, 0.1) is 17.0 Å². The Morgan fingerprint density at radius 3 is 2.94 bits per heavy atom. The Labute approximate surface area is 104 Å². The summed E-state index contributed by atoms with van der Waals surface area (Å²) in [4.78, 5) is 0. The van der Waals surface area contributed by atoms with E-state index in [0.717, 1.165) is 12.0 Å². The van der Waals surface area contributed by atoms with Gasteiger partial charge in [-0.05, 0) is 28.4 Å². The molecule has 1 unspecified atom stereocenters. The molecule has 0 fully saturated rings. The molecule has 0 saturated heterocycles. The van der Waals surface area contributed by atoms with Crippen molar-refractivity contribution in [2.75, 3.05) is 0 Å². The highest BCUT2D eigenvalue weighted by molar-refractivity contribution is 9.10. The highest BCUT2D eigenvalue weighted by Crippen LogP contribution is 2.27. The van der Waals surface area contributed by atoms with Crippen LogP contribution < -0.4 is 5.32 Å². The molecule has 4 heteroatoms. The summed E-state index contributed by atoms with van der Waals surface area (Å²) in [6.07, 6.45) is 1.40. The van der Waals surface area contributed by atoms with E-state index < -0.39 is 0 Å². The molecule has 3 nitrogen and oxygen atoms in total. The summed E-state index contributed by atoms with van der Waals surface area (Å²) >= 11 is 3.27. The maximum atomic E-state index is 9.76. The minimum absolute atomic E-state index is 0.184. The molecule has 0 heterocycles. The second-order valence-electron chi connectivity index (χ2n) is 3.60. The smallest absolute Gasteiger partial charge is 0.134 e. The summed E-state index contributed by atoms with van der Waals surface area (Å²) < 4.78 is 0.695. The second-order valence-corrected chi connectivity index (χ2v) is 4.45. The minimum atomic E-state index is 0.184. The van der Waals surface area contributed by atoms with Gasteiger partial charge in [0.2, 0.25) is 0 Å². The first-order valence-corrected chi connectivity index (χ1v) is 6.05. The predicted molar refractivity (Wildman–Crippen MR) is 67.0 cm³/mol. The molecule has 0 aromatic heterocycles. The normalized spacial score (nSPS) is 12.1. The number of nitriles is 1. The average Bonchev–Trinajstić information content (AvgIpc) is 2.29. The number of rotatable bonds is 5. The van der Waals surface area contributed by atoms with E-state index in [4.69, 9.17) is 5.26 Å². The molecule has 0 spiro atoms. The zero-order valence-corrected chi connectivity index (χ0v) is 10.8. The number of nitrogens with one attached hydrogen (secondary N) is 1. The van der Waals surface area contributed by atoms with Crippen molar-refractivity contribution in [3.63, 3.8) is 0 Å². The molecule has 1 aromatic carbocycles. The number of phenols is 1. The second kappa shape index (κ2) is 6.51. The molecule has 0 aliphatic rings. The van der Waals surface area contributed by atoms with Crippen molar-refractivity contribution in [3.8, 4) is 11.8 Å². The van der Waals surface area contributed by atoms with Crippen molar-refractivity contribution in [1.82, 2.24) is 5.32 Å². The van der Waals surface area contributed by atoms with E-state index in [9.17, 15) is 5.11 Å². The summed E-state index contributed by atoms with van der Waals surface area (Å²) in [5.74, 6) is 0.266. The lowest BCUT2D eigenvalue weighted by Gasteiger charge is -2.14. The summed E-state index contributed by atoms with van der Waals surface area (Å²) in [5.41, 5.74) is 0.839. The predicted octanol–water partition coefficient (Wildman–Crippen LogP) is 2.94. The summed E-state index contributed by atoms with van der Waals surface area (Å²) in [7, 11) is 0. The Morgan fingerprint density at radius 2 is 2.31 bits per heavy atom. The Bertz CT molecular complexity index is 387. The molecule has 1 atom stereocenters. The monoisotopic (exact) mass is 282 g/mol. The fraction of sp³-hybridized carbons (Fsp3) is 0.417. The Kier molecular flexibility index (Phi) is 5.30. The van der Waals surface area contributed by atoms with E-state index >= 15 is 0 Å². The number of hydrogen-bond donors (Lipinski definition) is 2. The number of hydrogen-bond acceptors (Lipinski definition) is 3. The molecular formula is C12H15BrN2O. The van der Waals surface area contributed by atoms with Gasteiger partial charge in [0.15, 0.2) is 0 Å². The molecule has 1 aromatic rings. The van der Waals surface area contributed by atoms with Crippen LogP contribution in [0.1, 0.15) is 25.3 Å². The van der Waals surface area contributed by atoms with E-state index in [1.54, 1.807) is 6.07 Å². The molecular weight excluding hydrogens is 268 g/mol. The van der Waals surface area contributed by atoms with Gasteiger partial charge in [0, 0.05) is 18.2 Å². The molecule has 0 aliphatic carbocycles. The summed E-state index contributed by atoms with van der Waals surface area (Å²) in [6.45, 7) is 2.61. The van der Waals surface area contributed by atoms with Crippen LogP contribution >= 0.6 is 15.9 Å². The van der Waals surface area contributed by atoms with Crippen LogP contribution in [0.25, 0.3) is 0 Å². The number of nitrogens with zero attached hydrogens (tertiary/aromatic N) is 1. The summed E-state index contributed by atoms with van der Waals surface area (Å²) in [5, 5.41) is 21.6. The van der Waals surface area contributed by atoms with Gasteiger partial charge in [-0.1, -0.05) is 19.1 Å². The highest BCUT2D eigenvalue weighted by Gasteiger charge is 2.08.